The Morgan fingerprint density at radius 2 is 1.42 bits per heavy atom. The van der Waals surface area contributed by atoms with Crippen molar-refractivity contribution < 1.29 is 0 Å². The zero-order valence-corrected chi connectivity index (χ0v) is 26.2. The topological polar surface area (TPSA) is 45.4 Å². The molecule has 43 heavy (non-hydrogen) atoms. The molecular weight excluding hydrogens is 550 g/mol. The third kappa shape index (κ3) is 6.73. The molecular formula is C36H45N5OS. The molecule has 2 heterocycles. The minimum Gasteiger partial charge on any atom is -0.352 e. The Bertz CT molecular complexity index is 1490. The van der Waals surface area contributed by atoms with Crippen LogP contribution < -0.4 is 11.0 Å². The highest BCUT2D eigenvalue weighted by Gasteiger charge is 2.27. The van der Waals surface area contributed by atoms with Crippen LogP contribution >= 0.6 is 12.2 Å². The molecule has 226 valence electrons. The van der Waals surface area contributed by atoms with Crippen LogP contribution in [0.4, 0.5) is 0 Å². The van der Waals surface area contributed by atoms with Crippen LogP contribution in [0.5, 0.6) is 0 Å². The molecule has 1 saturated heterocycles. The minimum absolute atomic E-state index is 0.00891. The number of imidazole rings is 1. The second-order valence-corrected chi connectivity index (χ2v) is 12.7. The summed E-state index contributed by atoms with van der Waals surface area (Å²) < 4.78 is 4.09. The first kappa shape index (κ1) is 29.6. The summed E-state index contributed by atoms with van der Waals surface area (Å²) >= 11 is 5.97. The first-order valence-electron chi connectivity index (χ1n) is 16.2. The number of hydrogen-bond acceptors (Lipinski definition) is 3. The molecule has 6 rings (SSSR count). The number of aromatic nitrogens is 2. The molecule has 1 saturated carbocycles. The van der Waals surface area contributed by atoms with Gasteiger partial charge in [0, 0.05) is 31.7 Å². The molecule has 0 spiro atoms. The predicted octanol–water partition coefficient (Wildman–Crippen LogP) is 6.76. The van der Waals surface area contributed by atoms with Gasteiger partial charge in [0.1, 0.15) is 0 Å². The molecule has 1 aromatic heterocycles. The molecule has 4 aromatic rings. The Labute approximate surface area is 261 Å². The second-order valence-electron chi connectivity index (χ2n) is 12.3. The van der Waals surface area contributed by atoms with Crippen molar-refractivity contribution in [3.05, 3.63) is 107 Å². The molecule has 0 unspecified atom stereocenters. The number of benzene rings is 3. The highest BCUT2D eigenvalue weighted by Crippen LogP contribution is 2.28. The summed E-state index contributed by atoms with van der Waals surface area (Å²) in [6.45, 7) is 3.44. The van der Waals surface area contributed by atoms with E-state index in [0.29, 0.717) is 6.04 Å². The monoisotopic (exact) mass is 595 g/mol. The lowest BCUT2D eigenvalue weighted by Crippen LogP contribution is -2.46. The Hall–Kier alpha value is -3.42. The van der Waals surface area contributed by atoms with Crippen molar-refractivity contribution in [1.29, 1.82) is 0 Å². The molecule has 0 atom stereocenters. The van der Waals surface area contributed by atoms with E-state index in [0.717, 1.165) is 61.6 Å². The van der Waals surface area contributed by atoms with Crippen LogP contribution in [0.3, 0.4) is 0 Å². The fourth-order valence-electron chi connectivity index (χ4n) is 7.18. The fraction of sp³-hybridized carbons (Fsp3) is 0.444. The lowest BCUT2D eigenvalue weighted by Gasteiger charge is -2.35. The standard InChI is InChI=1S/C36H45N5OS/c1-38(30-18-9-4-10-19-30)24-13-25-40-32-20-11-12-21-33(32)41(36(40)42)31-22-26-39(27-23-31)35(43)37-34(28-14-5-2-6-15-28)29-16-7-3-8-17-29/h2-3,5-8,11-12,14-17,20-21,30-31,34H,4,9-10,13,18-19,22-27H2,1H3,(H,37,43). The number of piperidine rings is 1. The molecule has 3 aromatic carbocycles. The van der Waals surface area contributed by atoms with E-state index in [4.69, 9.17) is 12.2 Å². The molecule has 0 radical (unpaired) electrons. The molecule has 0 amide bonds. The number of hydrogen-bond donors (Lipinski definition) is 1. The number of aryl methyl sites for hydroxylation is 1. The molecule has 0 bridgehead atoms. The zero-order valence-electron chi connectivity index (χ0n) is 25.4. The van der Waals surface area contributed by atoms with Gasteiger partial charge in [0.2, 0.25) is 0 Å². The van der Waals surface area contributed by atoms with Crippen molar-refractivity contribution in [2.45, 2.75) is 76.0 Å². The van der Waals surface area contributed by atoms with Gasteiger partial charge in [-0.1, -0.05) is 92.1 Å². The van der Waals surface area contributed by atoms with Crippen LogP contribution in [0.1, 0.15) is 74.6 Å². The second kappa shape index (κ2) is 13.9. The summed E-state index contributed by atoms with van der Waals surface area (Å²) in [7, 11) is 2.26. The van der Waals surface area contributed by atoms with Gasteiger partial charge in [-0.3, -0.25) is 9.13 Å². The van der Waals surface area contributed by atoms with Crippen LogP contribution in [0.2, 0.25) is 0 Å². The fourth-order valence-corrected chi connectivity index (χ4v) is 7.48. The average Bonchev–Trinajstić information content (AvgIpc) is 3.35. The number of fused-ring (bicyclic) bond motifs is 1. The quantitative estimate of drug-likeness (QED) is 0.217. The molecule has 7 heteroatoms. The Morgan fingerprint density at radius 3 is 2.05 bits per heavy atom. The highest BCUT2D eigenvalue weighted by atomic mass is 32.1. The number of likely N-dealkylation sites (tertiary alicyclic amines) is 1. The van der Waals surface area contributed by atoms with E-state index in [-0.39, 0.29) is 17.8 Å². The SMILES string of the molecule is CN(CCCn1c(=O)n(C2CCN(C(=S)NC(c3ccccc3)c3ccccc3)CC2)c2ccccc21)C1CCCCC1. The van der Waals surface area contributed by atoms with E-state index in [1.165, 1.54) is 43.2 Å². The maximum absolute atomic E-state index is 13.9. The smallest absolute Gasteiger partial charge is 0.329 e. The van der Waals surface area contributed by atoms with Crippen LogP contribution in [0, 0.1) is 0 Å². The predicted molar refractivity (Wildman–Crippen MR) is 181 cm³/mol. The van der Waals surface area contributed by atoms with Crippen molar-refractivity contribution in [1.82, 2.24) is 24.3 Å². The van der Waals surface area contributed by atoms with Gasteiger partial charge in [0.05, 0.1) is 17.1 Å². The van der Waals surface area contributed by atoms with Gasteiger partial charge in [-0.25, -0.2) is 4.79 Å². The summed E-state index contributed by atoms with van der Waals surface area (Å²) in [6, 6.07) is 30.2. The van der Waals surface area contributed by atoms with E-state index >= 15 is 0 Å². The maximum atomic E-state index is 13.9. The van der Waals surface area contributed by atoms with Crippen molar-refractivity contribution in [3.8, 4) is 0 Å². The van der Waals surface area contributed by atoms with Crippen LogP contribution in [0.25, 0.3) is 11.0 Å². The zero-order chi connectivity index (χ0) is 29.6. The molecule has 1 N–H and O–H groups in total. The van der Waals surface area contributed by atoms with Crippen molar-refractivity contribution in [2.75, 3.05) is 26.7 Å². The highest BCUT2D eigenvalue weighted by molar-refractivity contribution is 7.80. The number of thiocarbonyl (C=S) groups is 1. The number of nitrogens with zero attached hydrogens (tertiary/aromatic N) is 4. The van der Waals surface area contributed by atoms with Gasteiger partial charge in [-0.05, 0) is 81.2 Å². The number of rotatable bonds is 9. The largest absolute Gasteiger partial charge is 0.352 e. The van der Waals surface area contributed by atoms with Crippen LogP contribution in [-0.4, -0.2) is 56.8 Å². The van der Waals surface area contributed by atoms with Gasteiger partial charge in [0.15, 0.2) is 5.11 Å². The van der Waals surface area contributed by atoms with Crippen LogP contribution in [0.15, 0.2) is 89.7 Å². The minimum atomic E-state index is -0.00891. The van der Waals surface area contributed by atoms with Gasteiger partial charge in [-0.15, -0.1) is 0 Å². The van der Waals surface area contributed by atoms with Crippen LogP contribution in [-0.2, 0) is 6.54 Å². The lowest BCUT2D eigenvalue weighted by atomic mass is 9.94. The van der Waals surface area contributed by atoms with Crippen molar-refractivity contribution in [2.24, 2.45) is 0 Å². The summed E-state index contributed by atoms with van der Waals surface area (Å²) in [4.78, 5) is 18.7. The molecule has 2 fully saturated rings. The summed E-state index contributed by atoms with van der Waals surface area (Å²) in [5, 5.41) is 4.43. The van der Waals surface area contributed by atoms with Crippen molar-refractivity contribution >= 4 is 28.4 Å². The third-order valence-electron chi connectivity index (χ3n) is 9.61. The van der Waals surface area contributed by atoms with Gasteiger partial charge in [0.25, 0.3) is 0 Å². The molecule has 1 aliphatic carbocycles. The summed E-state index contributed by atoms with van der Waals surface area (Å²) in [6.07, 6.45) is 9.47. The van der Waals surface area contributed by atoms with Gasteiger partial charge >= 0.3 is 5.69 Å². The third-order valence-corrected chi connectivity index (χ3v) is 9.99. The first-order valence-corrected chi connectivity index (χ1v) is 16.6. The molecule has 2 aliphatic rings. The van der Waals surface area contributed by atoms with Gasteiger partial charge < -0.3 is 15.1 Å². The number of nitrogens with one attached hydrogen (secondary N) is 1. The summed E-state index contributed by atoms with van der Waals surface area (Å²) in [5.74, 6) is 0. The normalized spacial score (nSPS) is 16.8. The average molecular weight is 596 g/mol. The lowest BCUT2D eigenvalue weighted by molar-refractivity contribution is 0.187. The molecule has 1 aliphatic heterocycles. The van der Waals surface area contributed by atoms with E-state index in [1.54, 1.807) is 0 Å². The van der Waals surface area contributed by atoms with Crippen molar-refractivity contribution in [3.63, 3.8) is 0 Å². The Morgan fingerprint density at radius 1 is 0.837 bits per heavy atom. The Balaban J connectivity index is 1.12. The van der Waals surface area contributed by atoms with E-state index < -0.39 is 0 Å². The number of para-hydroxylation sites is 2. The molecule has 6 nitrogen and oxygen atoms in total. The van der Waals surface area contributed by atoms with E-state index in [1.807, 2.05) is 16.7 Å². The first-order chi connectivity index (χ1) is 21.1. The van der Waals surface area contributed by atoms with E-state index in [9.17, 15) is 4.79 Å². The van der Waals surface area contributed by atoms with Gasteiger partial charge in [-0.2, -0.15) is 0 Å². The summed E-state index contributed by atoms with van der Waals surface area (Å²) in [5.41, 5.74) is 4.63. The maximum Gasteiger partial charge on any atom is 0.329 e. The Kier molecular flexibility index (Phi) is 9.59. The van der Waals surface area contributed by atoms with E-state index in [2.05, 4.69) is 99.5 Å².